The largest absolute Gasteiger partial charge is 0.487 e. The van der Waals surface area contributed by atoms with E-state index in [9.17, 15) is 14.4 Å². The molecule has 3 amide bonds. The van der Waals surface area contributed by atoms with Crippen molar-refractivity contribution in [3.63, 3.8) is 0 Å². The van der Waals surface area contributed by atoms with E-state index in [1.165, 1.54) is 11.1 Å². The third-order valence-electron chi connectivity index (χ3n) is 7.97. The average Bonchev–Trinajstić information content (AvgIpc) is 3.29. The van der Waals surface area contributed by atoms with Crippen LogP contribution in [0.2, 0.25) is 0 Å². The highest BCUT2D eigenvalue weighted by Crippen LogP contribution is 2.31. The second-order valence-electron chi connectivity index (χ2n) is 10.7. The zero-order chi connectivity index (χ0) is 27.5. The van der Waals surface area contributed by atoms with E-state index >= 15 is 0 Å². The van der Waals surface area contributed by atoms with Gasteiger partial charge in [0.05, 0.1) is 0 Å². The zero-order valence-corrected chi connectivity index (χ0v) is 22.3. The van der Waals surface area contributed by atoms with Crippen LogP contribution in [0.15, 0.2) is 73.1 Å². The van der Waals surface area contributed by atoms with Gasteiger partial charge in [-0.3, -0.25) is 29.6 Å². The standard InChI is InChI=1S/C31H33N5O4/c37-29-11-10-27(30(38)34-29)36-19-23-15-24(8-9-25(23)31(36)39)40-28-20-35(18-22-7-4-13-32-16-22)14-12-26(28)33-17-21-5-2-1-3-6-21/h1-9,13,15-16,26-28,33H,10-12,14,17-20H2,(H,34,37,38)/t26?,27?,28-/m0/s1. The molecule has 2 fully saturated rings. The quantitative estimate of drug-likeness (QED) is 0.424. The molecule has 2 saturated heterocycles. The van der Waals surface area contributed by atoms with Gasteiger partial charge >= 0.3 is 0 Å². The molecule has 40 heavy (non-hydrogen) atoms. The van der Waals surface area contributed by atoms with Gasteiger partial charge in [0, 0.05) is 63.1 Å². The van der Waals surface area contributed by atoms with Gasteiger partial charge < -0.3 is 15.0 Å². The van der Waals surface area contributed by atoms with Crippen molar-refractivity contribution in [1.82, 2.24) is 25.4 Å². The van der Waals surface area contributed by atoms with Gasteiger partial charge in [0.15, 0.2) is 0 Å². The van der Waals surface area contributed by atoms with Gasteiger partial charge in [-0.15, -0.1) is 0 Å². The van der Waals surface area contributed by atoms with E-state index in [2.05, 4.69) is 38.7 Å². The molecule has 2 aromatic carbocycles. The molecular formula is C31H33N5O4. The predicted octanol–water partition coefficient (Wildman–Crippen LogP) is 2.65. The highest BCUT2D eigenvalue weighted by Gasteiger charge is 2.39. The molecule has 9 nitrogen and oxygen atoms in total. The first kappa shape index (κ1) is 26.2. The van der Waals surface area contributed by atoms with Crippen LogP contribution in [0, 0.1) is 0 Å². The molecule has 3 aromatic rings. The molecule has 3 aliphatic heterocycles. The summed E-state index contributed by atoms with van der Waals surface area (Å²) in [6.07, 6.45) is 5.10. The van der Waals surface area contributed by atoms with Crippen molar-refractivity contribution < 1.29 is 19.1 Å². The number of rotatable bonds is 8. The summed E-state index contributed by atoms with van der Waals surface area (Å²) in [6, 6.07) is 19.5. The van der Waals surface area contributed by atoms with Gasteiger partial charge in [-0.25, -0.2) is 0 Å². The van der Waals surface area contributed by atoms with Crippen molar-refractivity contribution in [2.45, 2.75) is 57.1 Å². The van der Waals surface area contributed by atoms with Crippen LogP contribution in [0.3, 0.4) is 0 Å². The maximum Gasteiger partial charge on any atom is 0.255 e. The Morgan fingerprint density at radius 3 is 2.65 bits per heavy atom. The molecular weight excluding hydrogens is 506 g/mol. The minimum Gasteiger partial charge on any atom is -0.487 e. The maximum absolute atomic E-state index is 13.1. The number of ether oxygens (including phenoxy) is 1. The minimum atomic E-state index is -0.632. The van der Waals surface area contributed by atoms with E-state index in [4.69, 9.17) is 4.74 Å². The summed E-state index contributed by atoms with van der Waals surface area (Å²) in [4.78, 5) is 45.3. The SMILES string of the molecule is O=C1CCC(N2Cc3cc(O[C@H]4CN(Cc5cccnc5)CCC4NCc4ccccc4)ccc3C2=O)C(=O)N1. The van der Waals surface area contributed by atoms with Crippen molar-refractivity contribution in [3.05, 3.63) is 95.3 Å². The van der Waals surface area contributed by atoms with Gasteiger partial charge in [-0.1, -0.05) is 36.4 Å². The fraction of sp³-hybridized carbons (Fsp3) is 0.355. The molecule has 6 rings (SSSR count). The van der Waals surface area contributed by atoms with Crippen LogP contribution in [-0.4, -0.2) is 63.8 Å². The molecule has 0 aliphatic carbocycles. The number of aromatic nitrogens is 1. The van der Waals surface area contributed by atoms with E-state index in [-0.39, 0.29) is 30.4 Å². The lowest BCUT2D eigenvalue weighted by atomic mass is 10.00. The maximum atomic E-state index is 13.1. The third kappa shape index (κ3) is 5.76. The molecule has 3 atom stereocenters. The third-order valence-corrected chi connectivity index (χ3v) is 7.97. The number of hydrogen-bond donors (Lipinski definition) is 2. The molecule has 0 radical (unpaired) electrons. The first-order valence-electron chi connectivity index (χ1n) is 13.9. The van der Waals surface area contributed by atoms with Crippen LogP contribution in [-0.2, 0) is 29.2 Å². The van der Waals surface area contributed by atoms with Gasteiger partial charge in [0.1, 0.15) is 17.9 Å². The van der Waals surface area contributed by atoms with E-state index in [0.29, 0.717) is 24.3 Å². The molecule has 206 valence electrons. The van der Waals surface area contributed by atoms with Crippen molar-refractivity contribution >= 4 is 17.7 Å². The number of likely N-dealkylation sites (tertiary alicyclic amines) is 1. The summed E-state index contributed by atoms with van der Waals surface area (Å²) in [7, 11) is 0. The first-order chi connectivity index (χ1) is 19.5. The number of benzene rings is 2. The Labute approximate surface area is 233 Å². The van der Waals surface area contributed by atoms with Gasteiger partial charge in [-0.2, -0.15) is 0 Å². The summed E-state index contributed by atoms with van der Waals surface area (Å²) < 4.78 is 6.63. The number of fused-ring (bicyclic) bond motifs is 1. The van der Waals surface area contributed by atoms with Crippen LogP contribution in [0.1, 0.15) is 46.3 Å². The van der Waals surface area contributed by atoms with Gasteiger partial charge in [0.2, 0.25) is 11.8 Å². The Balaban J connectivity index is 1.17. The molecule has 0 spiro atoms. The second-order valence-corrected chi connectivity index (χ2v) is 10.7. The number of carbonyl (C=O) groups is 3. The summed E-state index contributed by atoms with van der Waals surface area (Å²) in [6.45, 7) is 3.58. The topological polar surface area (TPSA) is 104 Å². The fourth-order valence-corrected chi connectivity index (χ4v) is 5.87. The lowest BCUT2D eigenvalue weighted by Gasteiger charge is -2.39. The van der Waals surface area contributed by atoms with Crippen molar-refractivity contribution in [2.75, 3.05) is 13.1 Å². The molecule has 3 aliphatic rings. The fourth-order valence-electron chi connectivity index (χ4n) is 5.87. The lowest BCUT2D eigenvalue weighted by molar-refractivity contribution is -0.136. The molecule has 0 bridgehead atoms. The predicted molar refractivity (Wildman–Crippen MR) is 148 cm³/mol. The van der Waals surface area contributed by atoms with Gasteiger partial charge in [0.25, 0.3) is 5.91 Å². The van der Waals surface area contributed by atoms with Crippen LogP contribution in [0.4, 0.5) is 0 Å². The van der Waals surface area contributed by atoms with Crippen LogP contribution < -0.4 is 15.4 Å². The second kappa shape index (κ2) is 11.6. The average molecular weight is 540 g/mol. The highest BCUT2D eigenvalue weighted by molar-refractivity contribution is 6.05. The zero-order valence-electron chi connectivity index (χ0n) is 22.3. The summed E-state index contributed by atoms with van der Waals surface area (Å²) in [5, 5.41) is 6.07. The van der Waals surface area contributed by atoms with Crippen LogP contribution in [0.25, 0.3) is 0 Å². The van der Waals surface area contributed by atoms with Crippen LogP contribution >= 0.6 is 0 Å². The smallest absolute Gasteiger partial charge is 0.255 e. The van der Waals surface area contributed by atoms with Gasteiger partial charge in [-0.05, 0) is 53.8 Å². The number of pyridine rings is 1. The monoisotopic (exact) mass is 539 g/mol. The van der Waals surface area contributed by atoms with Crippen molar-refractivity contribution in [2.24, 2.45) is 0 Å². The first-order valence-corrected chi connectivity index (χ1v) is 13.9. The number of amides is 3. The molecule has 2 unspecified atom stereocenters. The Bertz CT molecular complexity index is 1380. The van der Waals surface area contributed by atoms with E-state index in [1.54, 1.807) is 17.2 Å². The van der Waals surface area contributed by atoms with E-state index < -0.39 is 11.9 Å². The lowest BCUT2D eigenvalue weighted by Crippen LogP contribution is -2.54. The summed E-state index contributed by atoms with van der Waals surface area (Å²) >= 11 is 0. The minimum absolute atomic E-state index is 0.101. The number of nitrogens with one attached hydrogen (secondary N) is 2. The molecule has 1 aromatic heterocycles. The molecule has 9 heteroatoms. The number of nitrogens with zero attached hydrogens (tertiary/aromatic N) is 3. The normalized spacial score (nSPS) is 23.1. The Morgan fingerprint density at radius 2 is 1.85 bits per heavy atom. The highest BCUT2D eigenvalue weighted by atomic mass is 16.5. The number of imide groups is 1. The summed E-state index contributed by atoms with van der Waals surface area (Å²) in [5.41, 5.74) is 3.81. The molecule has 2 N–H and O–H groups in total. The van der Waals surface area contributed by atoms with Crippen LogP contribution in [0.5, 0.6) is 5.75 Å². The Hall–Kier alpha value is -4.08. The Kier molecular flexibility index (Phi) is 7.57. The molecule has 4 heterocycles. The van der Waals surface area contributed by atoms with E-state index in [1.807, 2.05) is 42.6 Å². The van der Waals surface area contributed by atoms with E-state index in [0.717, 1.165) is 38.2 Å². The molecule has 0 saturated carbocycles. The number of piperidine rings is 2. The summed E-state index contributed by atoms with van der Waals surface area (Å²) in [5.74, 6) is -0.172. The number of carbonyl (C=O) groups excluding carboxylic acids is 3. The van der Waals surface area contributed by atoms with Crippen molar-refractivity contribution in [3.8, 4) is 5.75 Å². The number of hydrogen-bond acceptors (Lipinski definition) is 7. The van der Waals surface area contributed by atoms with Crippen molar-refractivity contribution in [1.29, 1.82) is 0 Å². The Morgan fingerprint density at radius 1 is 1.00 bits per heavy atom.